The number of fused-ring (bicyclic) bond motifs is 3. The van der Waals surface area contributed by atoms with E-state index < -0.39 is 0 Å². The van der Waals surface area contributed by atoms with E-state index in [1.165, 1.54) is 11.3 Å². The van der Waals surface area contributed by atoms with Crippen LogP contribution in [0.15, 0.2) is 12.4 Å². The lowest BCUT2D eigenvalue weighted by molar-refractivity contribution is -0.138. The van der Waals surface area contributed by atoms with Crippen LogP contribution in [0.5, 0.6) is 0 Å². The van der Waals surface area contributed by atoms with Gasteiger partial charge in [-0.1, -0.05) is 20.8 Å². The summed E-state index contributed by atoms with van der Waals surface area (Å²) < 4.78 is 2.01. The Kier molecular flexibility index (Phi) is 3.34. The first-order chi connectivity index (χ1) is 11.4. The molecule has 0 unspecified atom stereocenters. The van der Waals surface area contributed by atoms with Gasteiger partial charge >= 0.3 is 0 Å². The molecule has 3 heterocycles. The van der Waals surface area contributed by atoms with Gasteiger partial charge in [-0.2, -0.15) is 5.10 Å². The van der Waals surface area contributed by atoms with Crippen LogP contribution in [0.2, 0.25) is 0 Å². The van der Waals surface area contributed by atoms with Crippen molar-refractivity contribution in [1.82, 2.24) is 24.6 Å². The quantitative estimate of drug-likeness (QED) is 0.874. The molecular formula is C18H25N5O. The lowest BCUT2D eigenvalue weighted by atomic mass is 9.80. The van der Waals surface area contributed by atoms with Crippen molar-refractivity contribution in [2.24, 2.45) is 18.4 Å². The van der Waals surface area contributed by atoms with E-state index in [1.54, 1.807) is 6.20 Å². The van der Waals surface area contributed by atoms with E-state index in [0.717, 1.165) is 37.4 Å². The number of carbonyl (C=O) groups is 1. The maximum Gasteiger partial charge on any atom is 0.227 e. The summed E-state index contributed by atoms with van der Waals surface area (Å²) in [5.41, 5.74) is 3.16. The van der Waals surface area contributed by atoms with Crippen molar-refractivity contribution < 1.29 is 4.79 Å². The van der Waals surface area contributed by atoms with Crippen LogP contribution in [0.4, 0.5) is 0 Å². The zero-order valence-electron chi connectivity index (χ0n) is 14.8. The molecule has 1 N–H and O–H groups in total. The number of nitrogens with zero attached hydrogens (tertiary/aromatic N) is 4. The Hall–Kier alpha value is -2.11. The van der Waals surface area contributed by atoms with Gasteiger partial charge in [-0.15, -0.1) is 0 Å². The van der Waals surface area contributed by atoms with Crippen LogP contribution in [-0.4, -0.2) is 43.6 Å². The lowest BCUT2D eigenvalue weighted by Crippen LogP contribution is -2.38. The molecule has 0 saturated carbocycles. The Labute approximate surface area is 142 Å². The summed E-state index contributed by atoms with van der Waals surface area (Å²) in [7, 11) is 1.99. The van der Waals surface area contributed by atoms with E-state index in [9.17, 15) is 4.79 Å². The number of hydrogen-bond donors (Lipinski definition) is 1. The Morgan fingerprint density at radius 2 is 2.12 bits per heavy atom. The molecule has 1 saturated heterocycles. The molecule has 1 fully saturated rings. The van der Waals surface area contributed by atoms with Crippen molar-refractivity contribution in [1.29, 1.82) is 0 Å². The van der Waals surface area contributed by atoms with Gasteiger partial charge in [0.05, 0.1) is 0 Å². The van der Waals surface area contributed by atoms with Crippen LogP contribution in [0, 0.1) is 11.3 Å². The highest BCUT2D eigenvalue weighted by Crippen LogP contribution is 2.43. The van der Waals surface area contributed by atoms with E-state index >= 15 is 0 Å². The first kappa shape index (κ1) is 15.4. The predicted molar refractivity (Wildman–Crippen MR) is 91.4 cm³/mol. The normalized spacial score (nSPS) is 23.2. The number of rotatable bonds is 1. The number of amides is 1. The molecule has 0 radical (unpaired) electrons. The van der Waals surface area contributed by atoms with Crippen molar-refractivity contribution in [3.8, 4) is 11.5 Å². The summed E-state index contributed by atoms with van der Waals surface area (Å²) in [4.78, 5) is 19.1. The molecule has 1 amide bonds. The number of imidazole rings is 1. The minimum Gasteiger partial charge on any atom is -0.341 e. The number of aromatic amines is 1. The Morgan fingerprint density at radius 1 is 1.33 bits per heavy atom. The van der Waals surface area contributed by atoms with Gasteiger partial charge < -0.3 is 9.47 Å². The van der Waals surface area contributed by atoms with Gasteiger partial charge in [-0.25, -0.2) is 4.98 Å². The minimum atomic E-state index is -0.317. The van der Waals surface area contributed by atoms with E-state index in [2.05, 4.69) is 15.2 Å². The number of hydrogen-bond acceptors (Lipinski definition) is 3. The second-order valence-electron chi connectivity index (χ2n) is 8.19. The van der Waals surface area contributed by atoms with Crippen molar-refractivity contribution in [3.05, 3.63) is 23.7 Å². The second-order valence-corrected chi connectivity index (χ2v) is 8.19. The van der Waals surface area contributed by atoms with Gasteiger partial charge in [0.25, 0.3) is 0 Å². The molecule has 2 aromatic rings. The van der Waals surface area contributed by atoms with Gasteiger partial charge in [0, 0.05) is 55.1 Å². The molecule has 6 heteroatoms. The zero-order chi connectivity index (χ0) is 17.1. The molecule has 1 aliphatic heterocycles. The van der Waals surface area contributed by atoms with Crippen LogP contribution in [0.25, 0.3) is 11.5 Å². The van der Waals surface area contributed by atoms with Crippen molar-refractivity contribution in [2.45, 2.75) is 39.5 Å². The predicted octanol–water partition coefficient (Wildman–Crippen LogP) is 2.34. The number of aryl methyl sites for hydroxylation is 1. The highest BCUT2D eigenvalue weighted by atomic mass is 16.2. The molecule has 128 valence electrons. The lowest BCUT2D eigenvalue weighted by Gasteiger charge is -2.25. The van der Waals surface area contributed by atoms with Crippen LogP contribution in [0.1, 0.15) is 44.4 Å². The van der Waals surface area contributed by atoms with E-state index in [-0.39, 0.29) is 11.3 Å². The SMILES string of the molecule is Cn1ccnc1-c1n[nH]c2c1CC[C@@H]1CN(C(=O)C(C)(C)C)C[C@H]21. The Bertz CT molecular complexity index is 782. The molecule has 24 heavy (non-hydrogen) atoms. The minimum absolute atomic E-state index is 0.252. The molecule has 2 aromatic heterocycles. The van der Waals surface area contributed by atoms with Crippen LogP contribution >= 0.6 is 0 Å². The fraction of sp³-hybridized carbons (Fsp3) is 0.611. The standard InChI is InChI=1S/C18H25N5O/c1-18(2,3)17(24)23-9-11-5-6-12-14(13(11)10-23)20-21-15(12)16-19-7-8-22(16)4/h7-8,11,13H,5-6,9-10H2,1-4H3,(H,20,21)/t11-,13+/m1/s1. The average molecular weight is 327 g/mol. The highest BCUT2D eigenvalue weighted by molar-refractivity contribution is 5.82. The number of aromatic nitrogens is 4. The second kappa shape index (κ2) is 5.19. The molecule has 2 atom stereocenters. The molecule has 0 spiro atoms. The van der Waals surface area contributed by atoms with Crippen LogP contribution in [0.3, 0.4) is 0 Å². The summed E-state index contributed by atoms with van der Waals surface area (Å²) in [5, 5.41) is 7.84. The largest absolute Gasteiger partial charge is 0.341 e. The van der Waals surface area contributed by atoms with Gasteiger partial charge in [0.1, 0.15) is 5.69 Å². The Morgan fingerprint density at radius 3 is 2.79 bits per heavy atom. The smallest absolute Gasteiger partial charge is 0.227 e. The third-order valence-electron chi connectivity index (χ3n) is 5.44. The molecule has 4 rings (SSSR count). The fourth-order valence-electron chi connectivity index (χ4n) is 4.18. The third kappa shape index (κ3) is 2.27. The van der Waals surface area contributed by atoms with Crippen LogP contribution in [-0.2, 0) is 18.3 Å². The molecule has 6 nitrogen and oxygen atoms in total. The first-order valence-electron chi connectivity index (χ1n) is 8.70. The summed E-state index contributed by atoms with van der Waals surface area (Å²) in [6, 6.07) is 0. The zero-order valence-corrected chi connectivity index (χ0v) is 14.8. The van der Waals surface area contributed by atoms with Crippen molar-refractivity contribution >= 4 is 5.91 Å². The number of H-pyrrole nitrogens is 1. The van der Waals surface area contributed by atoms with Crippen molar-refractivity contribution in [3.63, 3.8) is 0 Å². The maximum atomic E-state index is 12.6. The molecule has 1 aliphatic carbocycles. The highest BCUT2D eigenvalue weighted by Gasteiger charge is 2.43. The van der Waals surface area contributed by atoms with Crippen LogP contribution < -0.4 is 0 Å². The fourth-order valence-corrected chi connectivity index (χ4v) is 4.18. The number of nitrogens with one attached hydrogen (secondary N) is 1. The summed E-state index contributed by atoms with van der Waals surface area (Å²) in [5.74, 6) is 2.08. The van der Waals surface area contributed by atoms with Gasteiger partial charge in [-0.3, -0.25) is 9.89 Å². The van der Waals surface area contributed by atoms with E-state index in [0.29, 0.717) is 11.8 Å². The Balaban J connectivity index is 1.64. The monoisotopic (exact) mass is 327 g/mol. The van der Waals surface area contributed by atoms with Gasteiger partial charge in [0.15, 0.2) is 5.82 Å². The van der Waals surface area contributed by atoms with Crippen molar-refractivity contribution in [2.75, 3.05) is 13.1 Å². The molecular weight excluding hydrogens is 302 g/mol. The van der Waals surface area contributed by atoms with Gasteiger partial charge in [0.2, 0.25) is 5.91 Å². The van der Waals surface area contributed by atoms with E-state index in [4.69, 9.17) is 0 Å². The first-order valence-corrected chi connectivity index (χ1v) is 8.70. The summed E-state index contributed by atoms with van der Waals surface area (Å²) in [6.07, 6.45) is 5.87. The number of likely N-dealkylation sites (tertiary alicyclic amines) is 1. The average Bonchev–Trinajstić information content (AvgIpc) is 3.20. The molecule has 0 bridgehead atoms. The summed E-state index contributed by atoms with van der Waals surface area (Å²) >= 11 is 0. The van der Waals surface area contributed by atoms with E-state index in [1.807, 2.05) is 43.5 Å². The topological polar surface area (TPSA) is 66.8 Å². The van der Waals surface area contributed by atoms with Gasteiger partial charge in [-0.05, 0) is 18.8 Å². The third-order valence-corrected chi connectivity index (χ3v) is 5.44. The summed E-state index contributed by atoms with van der Waals surface area (Å²) in [6.45, 7) is 7.67. The number of carbonyl (C=O) groups excluding carboxylic acids is 1. The molecule has 2 aliphatic rings. The molecule has 0 aromatic carbocycles. The maximum absolute atomic E-state index is 12.6.